The third kappa shape index (κ3) is 2.90. The van der Waals surface area contributed by atoms with Gasteiger partial charge in [0.15, 0.2) is 0 Å². The Balaban J connectivity index is 1.92. The van der Waals surface area contributed by atoms with Crippen molar-refractivity contribution in [2.24, 2.45) is 0 Å². The third-order valence-corrected chi connectivity index (χ3v) is 4.44. The Morgan fingerprint density at radius 1 is 1.14 bits per heavy atom. The van der Waals surface area contributed by atoms with Gasteiger partial charge in [-0.1, -0.05) is 40.2 Å². The fourth-order valence-corrected chi connectivity index (χ4v) is 3.04. The first kappa shape index (κ1) is 14.0. The standard InChI is InChI=1S/C17H14BrFN2/c1-12-9-14(19)7-8-16(12)17(18)13-10-20-21(11-13)15-5-3-2-4-6-15/h2-11,17H,1H3. The number of benzene rings is 2. The molecule has 0 bridgehead atoms. The normalized spacial score (nSPS) is 12.3. The van der Waals surface area contributed by atoms with Crippen LogP contribution >= 0.6 is 15.9 Å². The van der Waals surface area contributed by atoms with Crippen LogP contribution in [0.4, 0.5) is 4.39 Å². The van der Waals surface area contributed by atoms with Gasteiger partial charge >= 0.3 is 0 Å². The highest BCUT2D eigenvalue weighted by Crippen LogP contribution is 2.33. The van der Waals surface area contributed by atoms with Gasteiger partial charge in [0.1, 0.15) is 5.82 Å². The first-order valence-corrected chi connectivity index (χ1v) is 7.57. The highest BCUT2D eigenvalue weighted by atomic mass is 79.9. The van der Waals surface area contributed by atoms with Crippen LogP contribution in [0, 0.1) is 12.7 Å². The van der Waals surface area contributed by atoms with E-state index in [2.05, 4.69) is 21.0 Å². The van der Waals surface area contributed by atoms with Crippen LogP contribution < -0.4 is 0 Å². The molecule has 1 atom stereocenters. The number of aromatic nitrogens is 2. The molecular formula is C17H14BrFN2. The molecule has 0 radical (unpaired) electrons. The number of alkyl halides is 1. The van der Waals surface area contributed by atoms with Crippen LogP contribution in [0.5, 0.6) is 0 Å². The fraction of sp³-hybridized carbons (Fsp3) is 0.118. The molecule has 4 heteroatoms. The Labute approximate surface area is 131 Å². The molecule has 106 valence electrons. The Bertz CT molecular complexity index is 752. The van der Waals surface area contributed by atoms with Crippen LogP contribution in [-0.4, -0.2) is 9.78 Å². The van der Waals surface area contributed by atoms with E-state index in [1.807, 2.05) is 60.4 Å². The minimum atomic E-state index is -0.212. The molecule has 3 rings (SSSR count). The summed E-state index contributed by atoms with van der Waals surface area (Å²) in [4.78, 5) is -0.00411. The largest absolute Gasteiger partial charge is 0.241 e. The third-order valence-electron chi connectivity index (χ3n) is 3.42. The number of rotatable bonds is 3. The second-order valence-electron chi connectivity index (χ2n) is 4.92. The first-order valence-electron chi connectivity index (χ1n) is 6.65. The highest BCUT2D eigenvalue weighted by Gasteiger charge is 2.15. The summed E-state index contributed by atoms with van der Waals surface area (Å²) in [5, 5.41) is 4.39. The predicted molar refractivity (Wildman–Crippen MR) is 85.5 cm³/mol. The topological polar surface area (TPSA) is 17.8 Å². The molecular weight excluding hydrogens is 331 g/mol. The van der Waals surface area contributed by atoms with Crippen molar-refractivity contribution in [1.29, 1.82) is 0 Å². The highest BCUT2D eigenvalue weighted by molar-refractivity contribution is 9.09. The van der Waals surface area contributed by atoms with Crippen molar-refractivity contribution in [2.75, 3.05) is 0 Å². The average Bonchev–Trinajstić information content (AvgIpc) is 2.97. The number of hydrogen-bond donors (Lipinski definition) is 0. The Morgan fingerprint density at radius 3 is 2.62 bits per heavy atom. The summed E-state index contributed by atoms with van der Waals surface area (Å²) in [7, 11) is 0. The Hall–Kier alpha value is -1.94. The van der Waals surface area contributed by atoms with Gasteiger partial charge in [0, 0.05) is 11.8 Å². The molecule has 1 unspecified atom stereocenters. The lowest BCUT2D eigenvalue weighted by Crippen LogP contribution is -1.96. The molecule has 2 nitrogen and oxygen atoms in total. The van der Waals surface area contributed by atoms with Crippen molar-refractivity contribution >= 4 is 15.9 Å². The van der Waals surface area contributed by atoms with Crippen molar-refractivity contribution < 1.29 is 4.39 Å². The van der Waals surface area contributed by atoms with E-state index in [1.54, 1.807) is 6.07 Å². The molecule has 0 fully saturated rings. The maximum Gasteiger partial charge on any atom is 0.123 e. The van der Waals surface area contributed by atoms with E-state index >= 15 is 0 Å². The summed E-state index contributed by atoms with van der Waals surface area (Å²) in [5.74, 6) is -0.212. The lowest BCUT2D eigenvalue weighted by atomic mass is 10.0. The number of halogens is 2. The van der Waals surface area contributed by atoms with Crippen LogP contribution in [0.1, 0.15) is 21.5 Å². The zero-order chi connectivity index (χ0) is 14.8. The second kappa shape index (κ2) is 5.82. The molecule has 21 heavy (non-hydrogen) atoms. The zero-order valence-electron chi connectivity index (χ0n) is 11.5. The summed E-state index contributed by atoms with van der Waals surface area (Å²) in [6.45, 7) is 1.91. The Morgan fingerprint density at radius 2 is 1.90 bits per heavy atom. The van der Waals surface area contributed by atoms with E-state index in [1.165, 1.54) is 6.07 Å². The van der Waals surface area contributed by atoms with Crippen LogP contribution in [0.25, 0.3) is 5.69 Å². The lowest BCUT2D eigenvalue weighted by molar-refractivity contribution is 0.626. The molecule has 3 aromatic rings. The van der Waals surface area contributed by atoms with E-state index < -0.39 is 0 Å². The van der Waals surface area contributed by atoms with E-state index in [4.69, 9.17) is 0 Å². The molecule has 0 saturated carbocycles. The van der Waals surface area contributed by atoms with Crippen molar-refractivity contribution in [1.82, 2.24) is 9.78 Å². The van der Waals surface area contributed by atoms with Crippen LogP contribution in [-0.2, 0) is 0 Å². The lowest BCUT2D eigenvalue weighted by Gasteiger charge is -2.11. The van der Waals surface area contributed by atoms with Crippen molar-refractivity contribution in [3.05, 3.63) is 83.4 Å². The van der Waals surface area contributed by atoms with Gasteiger partial charge in [0.25, 0.3) is 0 Å². The second-order valence-corrected chi connectivity index (χ2v) is 5.83. The molecule has 0 aliphatic carbocycles. The minimum Gasteiger partial charge on any atom is -0.241 e. The number of aryl methyl sites for hydroxylation is 1. The van der Waals surface area contributed by atoms with Crippen LogP contribution in [0.2, 0.25) is 0 Å². The van der Waals surface area contributed by atoms with Gasteiger partial charge in [-0.3, -0.25) is 0 Å². The zero-order valence-corrected chi connectivity index (χ0v) is 13.1. The number of hydrogen-bond acceptors (Lipinski definition) is 1. The maximum atomic E-state index is 13.2. The van der Waals surface area contributed by atoms with Gasteiger partial charge in [-0.2, -0.15) is 5.10 Å². The number of nitrogens with zero attached hydrogens (tertiary/aromatic N) is 2. The molecule has 1 heterocycles. The van der Waals surface area contributed by atoms with Crippen molar-refractivity contribution in [3.63, 3.8) is 0 Å². The summed E-state index contributed by atoms with van der Waals surface area (Å²) < 4.78 is 15.0. The summed E-state index contributed by atoms with van der Waals surface area (Å²) in [5.41, 5.74) is 4.01. The smallest absolute Gasteiger partial charge is 0.123 e. The predicted octanol–water partition coefficient (Wildman–Crippen LogP) is 4.80. The number of para-hydroxylation sites is 1. The first-order chi connectivity index (χ1) is 10.1. The molecule has 0 aliphatic heterocycles. The maximum absolute atomic E-state index is 13.2. The fourth-order valence-electron chi connectivity index (χ4n) is 2.29. The molecule has 0 aliphatic rings. The molecule has 2 aromatic carbocycles. The van der Waals surface area contributed by atoms with E-state index in [-0.39, 0.29) is 10.6 Å². The van der Waals surface area contributed by atoms with Crippen molar-refractivity contribution in [3.8, 4) is 5.69 Å². The molecule has 0 N–H and O–H groups in total. The molecule has 0 amide bonds. The van der Waals surface area contributed by atoms with Gasteiger partial charge in [0.05, 0.1) is 16.7 Å². The summed E-state index contributed by atoms with van der Waals surface area (Å²) in [6.07, 6.45) is 3.81. The van der Waals surface area contributed by atoms with Gasteiger partial charge in [-0.25, -0.2) is 9.07 Å². The minimum absolute atomic E-state index is 0.00411. The van der Waals surface area contributed by atoms with Crippen molar-refractivity contribution in [2.45, 2.75) is 11.8 Å². The molecule has 1 aromatic heterocycles. The van der Waals surface area contributed by atoms with E-state index in [9.17, 15) is 4.39 Å². The Kier molecular flexibility index (Phi) is 3.88. The van der Waals surface area contributed by atoms with Crippen LogP contribution in [0.3, 0.4) is 0 Å². The van der Waals surface area contributed by atoms with E-state index in [0.717, 1.165) is 22.4 Å². The molecule has 0 spiro atoms. The van der Waals surface area contributed by atoms with Gasteiger partial charge < -0.3 is 0 Å². The monoisotopic (exact) mass is 344 g/mol. The molecule has 0 saturated heterocycles. The van der Waals surface area contributed by atoms with Gasteiger partial charge in [-0.05, 0) is 42.3 Å². The van der Waals surface area contributed by atoms with E-state index in [0.29, 0.717) is 0 Å². The SMILES string of the molecule is Cc1cc(F)ccc1C(Br)c1cnn(-c2ccccc2)c1. The average molecular weight is 345 g/mol. The van der Waals surface area contributed by atoms with Crippen LogP contribution in [0.15, 0.2) is 60.9 Å². The summed E-state index contributed by atoms with van der Waals surface area (Å²) >= 11 is 3.68. The summed E-state index contributed by atoms with van der Waals surface area (Å²) in [6, 6.07) is 14.8. The quantitative estimate of drug-likeness (QED) is 0.623. The van der Waals surface area contributed by atoms with Gasteiger partial charge in [-0.15, -0.1) is 0 Å². The van der Waals surface area contributed by atoms with Gasteiger partial charge in [0.2, 0.25) is 0 Å².